The molecule has 0 aromatic rings. The van der Waals surface area contributed by atoms with Crippen molar-refractivity contribution in [2.45, 2.75) is 328 Å². The van der Waals surface area contributed by atoms with Crippen LogP contribution in [0.2, 0.25) is 0 Å². The zero-order valence-electron chi connectivity index (χ0n) is 52.8. The number of carbonyl (C=O) groups excluding carboxylic acids is 2. The number of nitrogens with zero attached hydrogens (tertiary/aromatic N) is 1. The molecule has 0 saturated heterocycles. The molecule has 0 aliphatic carbocycles. The van der Waals surface area contributed by atoms with Crippen molar-refractivity contribution in [1.29, 1.82) is 0 Å². The van der Waals surface area contributed by atoms with Gasteiger partial charge in [-0.2, -0.15) is 0 Å². The topological polar surface area (TPSA) is 114 Å². The SMILES string of the molecule is CCCCC/C=C\C/C=C\C/C=C\C/C=C\CCCCCCCCCCCC(=O)NC(COP(=O)([O-])OCC[N+](C)(C)C)C(/C=C\CCCCCCCCCCCCC)OC(=O)CCCCCCCCCCCCCCCCC. The van der Waals surface area contributed by atoms with Crippen molar-refractivity contribution in [1.82, 2.24) is 5.32 Å². The highest BCUT2D eigenvalue weighted by Gasteiger charge is 2.27. The molecule has 0 rings (SSSR count). The van der Waals surface area contributed by atoms with Crippen LogP contribution >= 0.6 is 7.82 Å². The smallest absolute Gasteiger partial charge is 0.306 e. The molecular formula is C69H129N2O7P. The number of allylic oxidation sites excluding steroid dienone is 9. The fourth-order valence-electron chi connectivity index (χ4n) is 9.74. The summed E-state index contributed by atoms with van der Waals surface area (Å²) < 4.78 is 30.4. The summed E-state index contributed by atoms with van der Waals surface area (Å²) in [7, 11) is 1.19. The summed E-state index contributed by atoms with van der Waals surface area (Å²) in [5, 5.41) is 3.04. The summed E-state index contributed by atoms with van der Waals surface area (Å²) in [6.45, 7) is 6.84. The molecule has 0 aliphatic rings. The minimum Gasteiger partial charge on any atom is -0.756 e. The maximum absolute atomic E-state index is 13.6. The molecule has 10 heteroatoms. The molecule has 0 aliphatic heterocycles. The lowest BCUT2D eigenvalue weighted by Crippen LogP contribution is -2.47. The van der Waals surface area contributed by atoms with Gasteiger partial charge >= 0.3 is 5.97 Å². The van der Waals surface area contributed by atoms with Crippen molar-refractivity contribution in [3.63, 3.8) is 0 Å². The first-order chi connectivity index (χ1) is 38.4. The van der Waals surface area contributed by atoms with Crippen molar-refractivity contribution in [3.8, 4) is 0 Å². The number of quaternary nitrogens is 1. The van der Waals surface area contributed by atoms with Gasteiger partial charge in [-0.1, -0.05) is 287 Å². The molecule has 0 aromatic heterocycles. The Morgan fingerprint density at radius 2 is 0.772 bits per heavy atom. The van der Waals surface area contributed by atoms with Gasteiger partial charge in [-0.3, -0.25) is 14.2 Å². The quantitative estimate of drug-likeness (QED) is 0.0212. The van der Waals surface area contributed by atoms with Crippen LogP contribution in [0.5, 0.6) is 0 Å². The van der Waals surface area contributed by atoms with Crippen LogP contribution in [0.1, 0.15) is 316 Å². The van der Waals surface area contributed by atoms with Gasteiger partial charge in [-0.25, -0.2) is 0 Å². The molecule has 0 saturated carbocycles. The van der Waals surface area contributed by atoms with E-state index < -0.39 is 20.0 Å². The van der Waals surface area contributed by atoms with E-state index >= 15 is 0 Å². The van der Waals surface area contributed by atoms with Crippen LogP contribution in [0.4, 0.5) is 0 Å². The predicted molar refractivity (Wildman–Crippen MR) is 339 cm³/mol. The molecule has 0 aromatic carbocycles. The number of hydrogen-bond donors (Lipinski definition) is 1. The molecule has 0 spiro atoms. The molecule has 0 fully saturated rings. The summed E-state index contributed by atoms with van der Waals surface area (Å²) in [4.78, 5) is 40.1. The lowest BCUT2D eigenvalue weighted by atomic mass is 10.0. The third-order valence-electron chi connectivity index (χ3n) is 15.0. The summed E-state index contributed by atoms with van der Waals surface area (Å²) in [6.07, 6.45) is 74.7. The second-order valence-corrected chi connectivity index (χ2v) is 25.4. The predicted octanol–water partition coefficient (Wildman–Crippen LogP) is 20.4. The number of hydrogen-bond acceptors (Lipinski definition) is 7. The first-order valence-electron chi connectivity index (χ1n) is 33.6. The Balaban J connectivity index is 5.14. The first-order valence-corrected chi connectivity index (χ1v) is 35.1. The van der Waals surface area contributed by atoms with Gasteiger partial charge in [0.2, 0.25) is 5.91 Å². The van der Waals surface area contributed by atoms with Gasteiger partial charge in [0.05, 0.1) is 33.8 Å². The van der Waals surface area contributed by atoms with E-state index in [1.165, 1.54) is 193 Å². The normalized spacial score (nSPS) is 14.0. The monoisotopic (exact) mass is 1130 g/mol. The molecular weight excluding hydrogens is 1000 g/mol. The minimum atomic E-state index is -4.70. The second kappa shape index (κ2) is 58.9. The van der Waals surface area contributed by atoms with Crippen LogP contribution < -0.4 is 10.2 Å². The molecule has 3 unspecified atom stereocenters. The fraction of sp³-hybridized carbons (Fsp3) is 0.826. The maximum Gasteiger partial charge on any atom is 0.306 e. The zero-order valence-corrected chi connectivity index (χ0v) is 53.7. The fourth-order valence-corrected chi connectivity index (χ4v) is 10.5. The Hall–Kier alpha value is -2.29. The Morgan fingerprint density at radius 1 is 0.443 bits per heavy atom. The van der Waals surface area contributed by atoms with Gasteiger partial charge in [0.15, 0.2) is 0 Å². The average Bonchev–Trinajstić information content (AvgIpc) is 3.41. The van der Waals surface area contributed by atoms with E-state index in [-0.39, 0.29) is 31.5 Å². The number of nitrogens with one attached hydrogen (secondary N) is 1. The van der Waals surface area contributed by atoms with Crippen LogP contribution in [0.25, 0.3) is 0 Å². The molecule has 3 atom stereocenters. The van der Waals surface area contributed by atoms with Gasteiger partial charge in [0.1, 0.15) is 19.3 Å². The highest BCUT2D eigenvalue weighted by Crippen LogP contribution is 2.38. The van der Waals surface area contributed by atoms with E-state index in [9.17, 15) is 19.0 Å². The van der Waals surface area contributed by atoms with Crippen LogP contribution in [0, 0.1) is 0 Å². The third kappa shape index (κ3) is 60.1. The number of likely N-dealkylation sites (N-methyl/N-ethyl adjacent to an activating group) is 1. The van der Waals surface area contributed by atoms with Gasteiger partial charge in [-0.05, 0) is 76.7 Å². The van der Waals surface area contributed by atoms with E-state index in [1.807, 2.05) is 33.3 Å². The number of esters is 1. The molecule has 0 heterocycles. The molecule has 0 radical (unpaired) electrons. The molecule has 79 heavy (non-hydrogen) atoms. The number of phosphoric acid groups is 1. The number of unbranched alkanes of at least 4 members (excludes halogenated alkanes) is 37. The number of carbonyl (C=O) groups is 2. The zero-order chi connectivity index (χ0) is 57.9. The molecule has 1 amide bonds. The van der Waals surface area contributed by atoms with Crippen LogP contribution in [0.15, 0.2) is 60.8 Å². The average molecular weight is 1130 g/mol. The van der Waals surface area contributed by atoms with E-state index in [4.69, 9.17) is 13.8 Å². The highest BCUT2D eigenvalue weighted by molar-refractivity contribution is 7.45. The molecule has 1 N–H and O–H groups in total. The van der Waals surface area contributed by atoms with E-state index in [0.717, 1.165) is 89.9 Å². The number of ether oxygens (including phenoxy) is 1. The van der Waals surface area contributed by atoms with E-state index in [1.54, 1.807) is 0 Å². The lowest BCUT2D eigenvalue weighted by molar-refractivity contribution is -0.870. The third-order valence-corrected chi connectivity index (χ3v) is 15.9. The van der Waals surface area contributed by atoms with E-state index in [0.29, 0.717) is 17.4 Å². The first kappa shape index (κ1) is 76.7. The summed E-state index contributed by atoms with van der Waals surface area (Å²) in [5.41, 5.74) is 0. The molecule has 0 bridgehead atoms. The van der Waals surface area contributed by atoms with Gasteiger partial charge < -0.3 is 28.5 Å². The standard InChI is InChI=1S/C69H129N2O7P/c1-7-10-13-16-19-22-25-28-30-31-32-33-34-35-36-37-38-39-41-43-46-49-52-55-58-61-68(72)70-66(65-77-79(74,75)76-64-63-71(4,5)6)67(60-57-54-51-48-45-42-27-24-21-18-15-12-9-3)78-69(73)62-59-56-53-50-47-44-40-29-26-23-20-17-14-11-8-2/h19,22,28,30,32-33,35-36,57,60,66-67H,7-18,20-21,23-27,29,31,34,37-56,58-59,61-65H2,1-6H3,(H-,70,72,74,75)/b22-19-,30-28-,33-32-,36-35-,60-57-. The van der Waals surface area contributed by atoms with Crippen LogP contribution in [-0.4, -0.2) is 69.4 Å². The number of amides is 1. The van der Waals surface area contributed by atoms with Crippen molar-refractivity contribution in [2.75, 3.05) is 40.9 Å². The lowest BCUT2D eigenvalue weighted by Gasteiger charge is -2.30. The van der Waals surface area contributed by atoms with Crippen molar-refractivity contribution in [2.24, 2.45) is 0 Å². The largest absolute Gasteiger partial charge is 0.756 e. The van der Waals surface area contributed by atoms with Gasteiger partial charge in [0.25, 0.3) is 7.82 Å². The van der Waals surface area contributed by atoms with E-state index in [2.05, 4.69) is 74.7 Å². The number of rotatable bonds is 61. The summed E-state index contributed by atoms with van der Waals surface area (Å²) in [5.74, 6) is -0.536. The van der Waals surface area contributed by atoms with Gasteiger partial charge in [0, 0.05) is 12.8 Å². The summed E-state index contributed by atoms with van der Waals surface area (Å²) >= 11 is 0. The Morgan fingerprint density at radius 3 is 1.18 bits per heavy atom. The second-order valence-electron chi connectivity index (χ2n) is 24.0. The summed E-state index contributed by atoms with van der Waals surface area (Å²) in [6, 6.07) is -0.891. The Kier molecular flexibility index (Phi) is 57.2. The van der Waals surface area contributed by atoms with Crippen LogP contribution in [-0.2, 0) is 27.9 Å². The van der Waals surface area contributed by atoms with Crippen LogP contribution in [0.3, 0.4) is 0 Å². The highest BCUT2D eigenvalue weighted by atomic mass is 31.2. The maximum atomic E-state index is 13.6. The van der Waals surface area contributed by atoms with Crippen molar-refractivity contribution < 1.29 is 37.3 Å². The molecule has 9 nitrogen and oxygen atoms in total. The minimum absolute atomic E-state index is 0.0232. The number of phosphoric ester groups is 1. The Labute approximate surface area is 490 Å². The van der Waals surface area contributed by atoms with Crippen molar-refractivity contribution >= 4 is 19.7 Å². The van der Waals surface area contributed by atoms with Crippen molar-refractivity contribution in [3.05, 3.63) is 60.8 Å². The van der Waals surface area contributed by atoms with Gasteiger partial charge in [-0.15, -0.1) is 0 Å². The Bertz CT molecular complexity index is 1540. The molecule has 462 valence electrons.